The Kier molecular flexibility index (Phi) is 10.4. The molecule has 0 aromatic heterocycles. The first kappa shape index (κ1) is 22.2. The molecule has 1 saturated heterocycles. The van der Waals surface area contributed by atoms with Crippen LogP contribution < -0.4 is 16.0 Å². The lowest BCUT2D eigenvalue weighted by atomic mass is 10.1. The first-order valence-electron chi connectivity index (χ1n) is 10.2. The molecule has 1 atom stereocenters. The molecule has 1 amide bonds. The zero-order valence-electron chi connectivity index (χ0n) is 17.1. The van der Waals surface area contributed by atoms with Crippen LogP contribution in [0.3, 0.4) is 0 Å². The molecule has 156 valence electrons. The van der Waals surface area contributed by atoms with Crippen LogP contribution in [0.1, 0.15) is 48.5 Å². The third kappa shape index (κ3) is 8.27. The minimum Gasteiger partial charge on any atom is -0.379 e. The summed E-state index contributed by atoms with van der Waals surface area (Å²) in [7, 11) is 1.76. The zero-order chi connectivity index (χ0) is 20.0. The Morgan fingerprint density at radius 1 is 1.18 bits per heavy atom. The van der Waals surface area contributed by atoms with Crippen LogP contribution in [-0.4, -0.2) is 57.9 Å². The van der Waals surface area contributed by atoms with Crippen LogP contribution in [0, 0.1) is 0 Å². The predicted octanol–water partition coefficient (Wildman–Crippen LogP) is 2.08. The maximum Gasteiger partial charge on any atom is 0.251 e. The lowest BCUT2D eigenvalue weighted by Gasteiger charge is -2.13. The summed E-state index contributed by atoms with van der Waals surface area (Å²) in [6, 6.07) is 7.65. The highest BCUT2D eigenvalue weighted by Gasteiger charge is 2.15. The van der Waals surface area contributed by atoms with Crippen LogP contribution in [0.4, 0.5) is 0 Å². The molecule has 7 heteroatoms. The number of amides is 1. The molecule has 1 heterocycles. The maximum absolute atomic E-state index is 12.0. The van der Waals surface area contributed by atoms with Gasteiger partial charge in [-0.15, -0.1) is 0 Å². The number of guanidine groups is 1. The third-order valence-electron chi connectivity index (χ3n) is 4.57. The van der Waals surface area contributed by atoms with Crippen LogP contribution >= 0.6 is 0 Å². The Labute approximate surface area is 168 Å². The molecular formula is C21H34N4O3. The number of carbonyl (C=O) groups excluding carboxylic acids is 1. The monoisotopic (exact) mass is 390 g/mol. The SMILES string of the molecule is CCCCNC(=O)c1ccc(CNC(=NC)NCCCOC2CCOC2)cc1. The fourth-order valence-electron chi connectivity index (χ4n) is 2.83. The van der Waals surface area contributed by atoms with Crippen molar-refractivity contribution in [2.24, 2.45) is 4.99 Å². The molecule has 1 unspecified atom stereocenters. The Morgan fingerprint density at radius 2 is 1.96 bits per heavy atom. The molecule has 1 aromatic carbocycles. The second-order valence-electron chi connectivity index (χ2n) is 6.87. The molecular weight excluding hydrogens is 356 g/mol. The second kappa shape index (κ2) is 13.1. The number of nitrogens with zero attached hydrogens (tertiary/aromatic N) is 1. The molecule has 0 aliphatic carbocycles. The summed E-state index contributed by atoms with van der Waals surface area (Å²) in [5.41, 5.74) is 1.78. The van der Waals surface area contributed by atoms with Crippen molar-refractivity contribution in [3.05, 3.63) is 35.4 Å². The summed E-state index contributed by atoms with van der Waals surface area (Å²) in [5, 5.41) is 9.50. The van der Waals surface area contributed by atoms with Gasteiger partial charge in [0.2, 0.25) is 0 Å². The van der Waals surface area contributed by atoms with Gasteiger partial charge in [-0.3, -0.25) is 9.79 Å². The number of nitrogens with one attached hydrogen (secondary N) is 3. The highest BCUT2D eigenvalue weighted by Crippen LogP contribution is 2.08. The Bertz CT molecular complexity index is 598. The first-order valence-corrected chi connectivity index (χ1v) is 10.2. The van der Waals surface area contributed by atoms with E-state index in [0.717, 1.165) is 70.1 Å². The molecule has 1 fully saturated rings. The largest absolute Gasteiger partial charge is 0.379 e. The van der Waals surface area contributed by atoms with Crippen molar-refractivity contribution in [1.29, 1.82) is 0 Å². The Morgan fingerprint density at radius 3 is 2.64 bits per heavy atom. The normalized spacial score (nSPS) is 16.8. The van der Waals surface area contributed by atoms with Crippen molar-refractivity contribution in [3.63, 3.8) is 0 Å². The molecule has 3 N–H and O–H groups in total. The number of benzene rings is 1. The highest BCUT2D eigenvalue weighted by molar-refractivity contribution is 5.94. The van der Waals surface area contributed by atoms with Gasteiger partial charge in [0.05, 0.1) is 12.7 Å². The Hall–Kier alpha value is -2.12. The molecule has 0 spiro atoms. The van der Waals surface area contributed by atoms with Gasteiger partial charge in [-0.2, -0.15) is 0 Å². The standard InChI is InChI=1S/C21H34N4O3/c1-3-4-11-23-20(26)18-8-6-17(7-9-18)15-25-21(22-2)24-12-5-13-28-19-10-14-27-16-19/h6-9,19H,3-5,10-16H2,1-2H3,(H,23,26)(H2,22,24,25). The van der Waals surface area contributed by atoms with Gasteiger partial charge in [0.25, 0.3) is 5.91 Å². The van der Waals surface area contributed by atoms with E-state index in [4.69, 9.17) is 9.47 Å². The number of hydrogen-bond donors (Lipinski definition) is 3. The summed E-state index contributed by atoms with van der Waals surface area (Å²) < 4.78 is 11.0. The summed E-state index contributed by atoms with van der Waals surface area (Å²) >= 11 is 0. The number of rotatable bonds is 11. The minimum absolute atomic E-state index is 0.0168. The molecule has 7 nitrogen and oxygen atoms in total. The van der Waals surface area contributed by atoms with Crippen molar-refractivity contribution in [2.75, 3.05) is 40.0 Å². The first-order chi connectivity index (χ1) is 13.7. The van der Waals surface area contributed by atoms with Crippen molar-refractivity contribution in [2.45, 2.75) is 45.3 Å². The molecule has 0 radical (unpaired) electrons. The van der Waals surface area contributed by atoms with E-state index in [0.29, 0.717) is 12.1 Å². The van der Waals surface area contributed by atoms with E-state index >= 15 is 0 Å². The number of unbranched alkanes of at least 4 members (excludes halogenated alkanes) is 1. The summed E-state index contributed by atoms with van der Waals surface area (Å²) in [6.07, 6.45) is 4.24. The fraction of sp³-hybridized carbons (Fsp3) is 0.619. The van der Waals surface area contributed by atoms with Crippen molar-refractivity contribution >= 4 is 11.9 Å². The zero-order valence-corrected chi connectivity index (χ0v) is 17.1. The van der Waals surface area contributed by atoms with Gasteiger partial charge in [0.1, 0.15) is 0 Å². The van der Waals surface area contributed by atoms with Gasteiger partial charge in [0, 0.05) is 45.5 Å². The molecule has 2 rings (SSSR count). The summed E-state index contributed by atoms with van der Waals surface area (Å²) in [5.74, 6) is 0.738. The van der Waals surface area contributed by atoms with Gasteiger partial charge in [-0.1, -0.05) is 25.5 Å². The summed E-state index contributed by atoms with van der Waals surface area (Å²) in [4.78, 5) is 16.3. The van der Waals surface area contributed by atoms with Crippen molar-refractivity contribution in [1.82, 2.24) is 16.0 Å². The number of ether oxygens (including phenoxy) is 2. The number of hydrogen-bond acceptors (Lipinski definition) is 4. The van der Waals surface area contributed by atoms with E-state index < -0.39 is 0 Å². The third-order valence-corrected chi connectivity index (χ3v) is 4.57. The number of carbonyl (C=O) groups is 1. The fourth-order valence-corrected chi connectivity index (χ4v) is 2.83. The molecule has 1 aromatic rings. The van der Waals surface area contributed by atoms with Gasteiger partial charge in [-0.25, -0.2) is 0 Å². The molecule has 1 aliphatic heterocycles. The minimum atomic E-state index is -0.0168. The van der Waals surface area contributed by atoms with Gasteiger partial charge in [-0.05, 0) is 37.0 Å². The van der Waals surface area contributed by atoms with Gasteiger partial charge in [0.15, 0.2) is 5.96 Å². The van der Waals surface area contributed by atoms with Gasteiger partial charge < -0.3 is 25.4 Å². The maximum atomic E-state index is 12.0. The van der Waals surface area contributed by atoms with E-state index in [-0.39, 0.29) is 12.0 Å². The van der Waals surface area contributed by atoms with Crippen LogP contribution in [0.2, 0.25) is 0 Å². The topological polar surface area (TPSA) is 84.0 Å². The predicted molar refractivity (Wildman–Crippen MR) is 112 cm³/mol. The molecule has 1 aliphatic rings. The highest BCUT2D eigenvalue weighted by atomic mass is 16.5. The van der Waals surface area contributed by atoms with Crippen LogP contribution in [0.25, 0.3) is 0 Å². The van der Waals surface area contributed by atoms with E-state index in [2.05, 4.69) is 27.9 Å². The van der Waals surface area contributed by atoms with Crippen molar-refractivity contribution in [3.8, 4) is 0 Å². The molecule has 0 bridgehead atoms. The molecule has 28 heavy (non-hydrogen) atoms. The number of aliphatic imine (C=N–C) groups is 1. The van der Waals surface area contributed by atoms with Crippen molar-refractivity contribution < 1.29 is 14.3 Å². The van der Waals surface area contributed by atoms with E-state index in [1.165, 1.54) is 0 Å². The average Bonchev–Trinajstić information content (AvgIpc) is 3.24. The van der Waals surface area contributed by atoms with Gasteiger partial charge >= 0.3 is 0 Å². The quantitative estimate of drug-likeness (QED) is 0.306. The lowest BCUT2D eigenvalue weighted by molar-refractivity contribution is 0.0420. The van der Waals surface area contributed by atoms with E-state index in [1.54, 1.807) is 7.05 Å². The lowest BCUT2D eigenvalue weighted by Crippen LogP contribution is -2.37. The Balaban J connectivity index is 1.63. The average molecular weight is 391 g/mol. The van der Waals surface area contributed by atoms with Crippen LogP contribution in [0.5, 0.6) is 0 Å². The van der Waals surface area contributed by atoms with Crippen LogP contribution in [-0.2, 0) is 16.0 Å². The second-order valence-corrected chi connectivity index (χ2v) is 6.87. The summed E-state index contributed by atoms with van der Waals surface area (Å²) in [6.45, 7) is 6.52. The smallest absolute Gasteiger partial charge is 0.251 e. The molecule has 0 saturated carbocycles. The van der Waals surface area contributed by atoms with Crippen LogP contribution in [0.15, 0.2) is 29.3 Å². The van der Waals surface area contributed by atoms with E-state index in [9.17, 15) is 4.79 Å². The van der Waals surface area contributed by atoms with E-state index in [1.807, 2.05) is 24.3 Å².